The number of nitrogens with two attached hydrogens (primary N) is 1. The zero-order chi connectivity index (χ0) is 26.8. The van der Waals surface area contributed by atoms with Gasteiger partial charge in [-0.15, -0.1) is 0 Å². The Morgan fingerprint density at radius 2 is 1.71 bits per heavy atom. The molecule has 194 valence electrons. The third-order valence-corrected chi connectivity index (χ3v) is 11.0. The van der Waals surface area contributed by atoms with Crippen LogP contribution in [0.15, 0.2) is 41.2 Å². The van der Waals surface area contributed by atoms with Gasteiger partial charge in [0, 0.05) is 5.69 Å². The standard InChI is InChI=1S/C25H36F3N3O3Si/c1-15(2)21(22(25(26,27)28)34-35(6,7)24(3,4)5)31-19(32)14-17-13-18(30-23(33)20(17)29)16-11-9-8-10-12-16/h8-13,15,21-22H,14,29H2,1-7H3,(H,30,33)(H,31,32). The van der Waals surface area contributed by atoms with Crippen molar-refractivity contribution in [1.82, 2.24) is 10.3 Å². The molecule has 1 aromatic carbocycles. The maximum atomic E-state index is 14.2. The van der Waals surface area contributed by atoms with E-state index < -0.39 is 49.1 Å². The lowest BCUT2D eigenvalue weighted by Gasteiger charge is -2.42. The summed E-state index contributed by atoms with van der Waals surface area (Å²) in [5.74, 6) is -1.24. The van der Waals surface area contributed by atoms with Crippen LogP contribution in [0, 0.1) is 5.92 Å². The summed E-state index contributed by atoms with van der Waals surface area (Å²) < 4.78 is 48.3. The van der Waals surface area contributed by atoms with Crippen LogP contribution in [0.2, 0.25) is 18.1 Å². The van der Waals surface area contributed by atoms with Gasteiger partial charge in [-0.25, -0.2) is 0 Å². The van der Waals surface area contributed by atoms with Gasteiger partial charge in [-0.1, -0.05) is 65.0 Å². The second-order valence-corrected chi connectivity index (χ2v) is 15.4. The molecule has 2 atom stereocenters. The molecular weight excluding hydrogens is 475 g/mol. The van der Waals surface area contributed by atoms with Gasteiger partial charge in [0.1, 0.15) is 5.69 Å². The first-order valence-corrected chi connectivity index (χ1v) is 14.5. The van der Waals surface area contributed by atoms with E-state index in [0.717, 1.165) is 0 Å². The second-order valence-electron chi connectivity index (χ2n) is 10.7. The molecule has 35 heavy (non-hydrogen) atoms. The highest BCUT2D eigenvalue weighted by atomic mass is 28.4. The average Bonchev–Trinajstić information content (AvgIpc) is 2.72. The fourth-order valence-corrected chi connectivity index (χ4v) is 4.65. The van der Waals surface area contributed by atoms with Gasteiger partial charge in [-0.2, -0.15) is 13.2 Å². The summed E-state index contributed by atoms with van der Waals surface area (Å²) in [6, 6.07) is 9.24. The number of halogens is 3. The van der Waals surface area contributed by atoms with Gasteiger partial charge >= 0.3 is 6.18 Å². The molecule has 0 fully saturated rings. The van der Waals surface area contributed by atoms with Crippen molar-refractivity contribution in [3.63, 3.8) is 0 Å². The molecule has 1 aromatic heterocycles. The molecule has 0 aliphatic heterocycles. The maximum absolute atomic E-state index is 14.2. The smallest absolute Gasteiger partial charge is 0.404 e. The molecule has 4 N–H and O–H groups in total. The van der Waals surface area contributed by atoms with Crippen LogP contribution in [0.5, 0.6) is 0 Å². The summed E-state index contributed by atoms with van der Waals surface area (Å²) in [5, 5.41) is 2.07. The number of pyridine rings is 1. The summed E-state index contributed by atoms with van der Waals surface area (Å²) in [6.07, 6.45) is -7.19. The first-order chi connectivity index (χ1) is 15.9. The molecule has 0 aliphatic carbocycles. The molecule has 10 heteroatoms. The Hall–Kier alpha value is -2.59. The summed E-state index contributed by atoms with van der Waals surface area (Å²) in [6.45, 7) is 12.3. The number of carbonyl (C=O) groups is 1. The van der Waals surface area contributed by atoms with Crippen molar-refractivity contribution < 1.29 is 22.4 Å². The average molecular weight is 512 g/mol. The van der Waals surface area contributed by atoms with Gasteiger partial charge < -0.3 is 20.5 Å². The number of carbonyl (C=O) groups excluding carboxylic acids is 1. The first kappa shape index (κ1) is 28.6. The van der Waals surface area contributed by atoms with E-state index in [-0.39, 0.29) is 17.7 Å². The molecule has 2 aromatic rings. The van der Waals surface area contributed by atoms with Crippen molar-refractivity contribution in [3.8, 4) is 11.3 Å². The van der Waals surface area contributed by atoms with Gasteiger partial charge in [-0.05, 0) is 41.2 Å². The minimum Gasteiger partial charge on any atom is -0.404 e. The Labute approximate surface area is 205 Å². The number of aromatic nitrogens is 1. The number of aromatic amines is 1. The Kier molecular flexibility index (Phi) is 8.65. The Bertz CT molecular complexity index is 1080. The van der Waals surface area contributed by atoms with Gasteiger partial charge in [0.2, 0.25) is 5.91 Å². The van der Waals surface area contributed by atoms with E-state index in [1.807, 2.05) is 26.8 Å². The highest BCUT2D eigenvalue weighted by molar-refractivity contribution is 6.74. The lowest BCUT2D eigenvalue weighted by Crippen LogP contribution is -2.59. The molecule has 1 amide bonds. The number of hydrogen-bond donors (Lipinski definition) is 3. The molecule has 2 unspecified atom stereocenters. The van der Waals surface area contributed by atoms with E-state index in [1.54, 1.807) is 57.3 Å². The van der Waals surface area contributed by atoms with E-state index >= 15 is 0 Å². The van der Waals surface area contributed by atoms with E-state index in [4.69, 9.17) is 10.2 Å². The van der Waals surface area contributed by atoms with Crippen LogP contribution in [0.3, 0.4) is 0 Å². The topological polar surface area (TPSA) is 97.2 Å². The van der Waals surface area contributed by atoms with E-state index in [1.165, 1.54) is 0 Å². The fraction of sp³-hybridized carbons (Fsp3) is 0.520. The van der Waals surface area contributed by atoms with Crippen molar-refractivity contribution in [1.29, 1.82) is 0 Å². The van der Waals surface area contributed by atoms with Crippen molar-refractivity contribution >= 4 is 19.9 Å². The molecule has 0 aliphatic rings. The van der Waals surface area contributed by atoms with Crippen molar-refractivity contribution in [2.24, 2.45) is 5.92 Å². The van der Waals surface area contributed by atoms with Crippen LogP contribution in [-0.2, 0) is 15.6 Å². The maximum Gasteiger partial charge on any atom is 0.415 e. The molecule has 0 saturated heterocycles. The van der Waals surface area contributed by atoms with Crippen LogP contribution >= 0.6 is 0 Å². The zero-order valence-electron chi connectivity index (χ0n) is 21.3. The Morgan fingerprint density at radius 1 is 1.14 bits per heavy atom. The highest BCUT2D eigenvalue weighted by Crippen LogP contribution is 2.41. The molecule has 1 heterocycles. The SMILES string of the molecule is CC(C)C(NC(=O)Cc1cc(-c2ccccc2)[nH]c(=O)c1N)C(O[Si](C)(C)C(C)(C)C)C(F)(F)F. The van der Waals surface area contributed by atoms with Gasteiger partial charge in [0.05, 0.1) is 12.5 Å². The summed E-state index contributed by atoms with van der Waals surface area (Å²) >= 11 is 0. The molecule has 0 bridgehead atoms. The number of hydrogen-bond acceptors (Lipinski definition) is 4. The molecule has 2 rings (SSSR count). The van der Waals surface area contributed by atoms with Crippen molar-refractivity contribution in [2.45, 2.75) is 77.5 Å². The molecule has 0 spiro atoms. The first-order valence-electron chi connectivity index (χ1n) is 11.5. The minimum atomic E-state index is -4.68. The Morgan fingerprint density at radius 3 is 2.20 bits per heavy atom. The minimum absolute atomic E-state index is 0.147. The lowest BCUT2D eigenvalue weighted by atomic mass is 9.97. The number of nitrogens with one attached hydrogen (secondary N) is 2. The molecule has 0 radical (unpaired) electrons. The van der Waals surface area contributed by atoms with Crippen LogP contribution in [0.1, 0.15) is 40.2 Å². The lowest BCUT2D eigenvalue weighted by molar-refractivity contribution is -0.210. The summed E-state index contributed by atoms with van der Waals surface area (Å²) in [7, 11) is -2.81. The van der Waals surface area contributed by atoms with Gasteiger partial charge in [0.15, 0.2) is 14.4 Å². The third kappa shape index (κ3) is 7.20. The van der Waals surface area contributed by atoms with Crippen LogP contribution in [0.25, 0.3) is 11.3 Å². The van der Waals surface area contributed by atoms with Crippen LogP contribution in [0.4, 0.5) is 18.9 Å². The number of rotatable bonds is 8. The predicted octanol–water partition coefficient (Wildman–Crippen LogP) is 5.26. The van der Waals surface area contributed by atoms with E-state index in [0.29, 0.717) is 11.3 Å². The van der Waals surface area contributed by atoms with Gasteiger partial charge in [0.25, 0.3) is 5.56 Å². The summed E-state index contributed by atoms with van der Waals surface area (Å²) in [4.78, 5) is 28.0. The second kappa shape index (κ2) is 10.6. The monoisotopic (exact) mass is 511 g/mol. The number of benzene rings is 1. The number of alkyl halides is 3. The number of anilines is 1. The molecule has 0 saturated carbocycles. The largest absolute Gasteiger partial charge is 0.415 e. The van der Waals surface area contributed by atoms with Crippen molar-refractivity contribution in [3.05, 3.63) is 52.3 Å². The van der Waals surface area contributed by atoms with E-state index in [9.17, 15) is 22.8 Å². The van der Waals surface area contributed by atoms with Crippen LogP contribution < -0.4 is 16.6 Å². The summed E-state index contributed by atoms with van der Waals surface area (Å²) in [5.41, 5.74) is 6.60. The molecule has 6 nitrogen and oxygen atoms in total. The quantitative estimate of drug-likeness (QED) is 0.421. The Balaban J connectivity index is 2.34. The number of H-pyrrole nitrogens is 1. The predicted molar refractivity (Wildman–Crippen MR) is 136 cm³/mol. The fourth-order valence-electron chi connectivity index (χ4n) is 3.38. The number of nitrogen functional groups attached to an aromatic ring is 1. The normalized spacial score (nSPS) is 14.6. The highest BCUT2D eigenvalue weighted by Gasteiger charge is 2.52. The van der Waals surface area contributed by atoms with E-state index in [2.05, 4.69) is 10.3 Å². The van der Waals surface area contributed by atoms with Gasteiger partial charge in [-0.3, -0.25) is 9.59 Å². The molecular formula is C25H36F3N3O3Si. The third-order valence-electron chi connectivity index (χ3n) is 6.52. The van der Waals surface area contributed by atoms with Crippen LogP contribution in [-0.4, -0.2) is 37.5 Å². The van der Waals surface area contributed by atoms with Crippen molar-refractivity contribution in [2.75, 3.05) is 5.73 Å². The number of amides is 1. The zero-order valence-corrected chi connectivity index (χ0v) is 22.3.